The lowest BCUT2D eigenvalue weighted by molar-refractivity contribution is -0.00512. The van der Waals surface area contributed by atoms with Crippen molar-refractivity contribution in [2.45, 2.75) is 130 Å². The zero-order valence-electron chi connectivity index (χ0n) is 19.5. The van der Waals surface area contributed by atoms with Gasteiger partial charge in [0.05, 0.1) is 13.2 Å². The van der Waals surface area contributed by atoms with Crippen LogP contribution in [0.3, 0.4) is 0 Å². The number of rotatable bonds is 22. The molecule has 0 aliphatic rings. The highest BCUT2D eigenvalue weighted by atomic mass is 16.5. The molecule has 0 rings (SSSR count). The molecule has 0 heterocycles. The van der Waals surface area contributed by atoms with Gasteiger partial charge in [-0.25, -0.2) is 0 Å². The Labute approximate surface area is 172 Å². The Bertz CT molecular complexity index is 275. The first kappa shape index (κ1) is 26.9. The molecule has 0 bridgehead atoms. The molecule has 0 N–H and O–H groups in total. The van der Waals surface area contributed by atoms with Crippen LogP contribution in [0.4, 0.5) is 0 Å². The Morgan fingerprint density at radius 1 is 0.444 bits per heavy atom. The standard InChI is InChI=1S/C25H52O2/c1-5-7-9-11-13-14-15-16-18-20-22-27-24-25(3,4)23-26-21-19-17-12-10-8-6-2/h5-24H2,1-4H3. The van der Waals surface area contributed by atoms with Gasteiger partial charge in [-0.1, -0.05) is 118 Å². The molecular formula is C25H52O2. The highest BCUT2D eigenvalue weighted by Gasteiger charge is 2.18. The predicted octanol–water partition coefficient (Wildman–Crippen LogP) is 8.33. The summed E-state index contributed by atoms with van der Waals surface area (Å²) in [5, 5.41) is 0. The molecule has 0 saturated carbocycles. The van der Waals surface area contributed by atoms with Crippen LogP contribution in [-0.4, -0.2) is 26.4 Å². The second kappa shape index (κ2) is 20.6. The highest BCUT2D eigenvalue weighted by molar-refractivity contribution is 4.66. The molecule has 164 valence electrons. The molecule has 0 saturated heterocycles. The Balaban J connectivity index is 3.30. The second-order valence-electron chi connectivity index (χ2n) is 9.22. The fourth-order valence-electron chi connectivity index (χ4n) is 3.41. The van der Waals surface area contributed by atoms with Gasteiger partial charge in [-0.15, -0.1) is 0 Å². The van der Waals surface area contributed by atoms with Gasteiger partial charge in [-0.3, -0.25) is 0 Å². The summed E-state index contributed by atoms with van der Waals surface area (Å²) in [5.41, 5.74) is 0.140. The maximum absolute atomic E-state index is 5.91. The van der Waals surface area contributed by atoms with Crippen molar-refractivity contribution in [2.24, 2.45) is 5.41 Å². The van der Waals surface area contributed by atoms with E-state index >= 15 is 0 Å². The average Bonchev–Trinajstić information content (AvgIpc) is 2.64. The van der Waals surface area contributed by atoms with E-state index in [9.17, 15) is 0 Å². The minimum Gasteiger partial charge on any atom is -0.381 e. The third-order valence-electron chi connectivity index (χ3n) is 5.27. The molecule has 0 aromatic rings. The third-order valence-corrected chi connectivity index (χ3v) is 5.27. The molecule has 27 heavy (non-hydrogen) atoms. The molecule has 0 fully saturated rings. The second-order valence-corrected chi connectivity index (χ2v) is 9.22. The van der Waals surface area contributed by atoms with Gasteiger partial charge < -0.3 is 9.47 Å². The SMILES string of the molecule is CCCCCCCCCCCCOCC(C)(C)COCCCCCCCC. The first-order valence-corrected chi connectivity index (χ1v) is 12.3. The molecule has 0 atom stereocenters. The molecule has 0 aliphatic heterocycles. The summed E-state index contributed by atoms with van der Waals surface area (Å²) in [6.07, 6.45) is 21.8. The molecule has 0 aromatic heterocycles. The van der Waals surface area contributed by atoms with Crippen molar-refractivity contribution in [2.75, 3.05) is 26.4 Å². The van der Waals surface area contributed by atoms with Crippen molar-refractivity contribution < 1.29 is 9.47 Å². The number of hydrogen-bond donors (Lipinski definition) is 0. The van der Waals surface area contributed by atoms with Crippen LogP contribution in [0.15, 0.2) is 0 Å². The van der Waals surface area contributed by atoms with Gasteiger partial charge in [0, 0.05) is 18.6 Å². The summed E-state index contributed by atoms with van der Waals surface area (Å²) < 4.78 is 11.8. The first-order valence-electron chi connectivity index (χ1n) is 12.3. The molecule has 0 radical (unpaired) electrons. The van der Waals surface area contributed by atoms with Crippen LogP contribution in [0.5, 0.6) is 0 Å². The normalized spacial score (nSPS) is 12.0. The fourth-order valence-corrected chi connectivity index (χ4v) is 3.41. The van der Waals surface area contributed by atoms with E-state index in [1.54, 1.807) is 0 Å². The van der Waals surface area contributed by atoms with Crippen LogP contribution >= 0.6 is 0 Å². The van der Waals surface area contributed by atoms with Crippen LogP contribution in [-0.2, 0) is 9.47 Å². The molecule has 0 aliphatic carbocycles. The molecule has 0 amide bonds. The maximum Gasteiger partial charge on any atom is 0.0539 e. The number of ether oxygens (including phenoxy) is 2. The van der Waals surface area contributed by atoms with E-state index in [0.717, 1.165) is 26.4 Å². The van der Waals surface area contributed by atoms with Gasteiger partial charge in [0.1, 0.15) is 0 Å². The Hall–Kier alpha value is -0.0800. The van der Waals surface area contributed by atoms with Gasteiger partial charge in [-0.05, 0) is 12.8 Å². The van der Waals surface area contributed by atoms with Crippen molar-refractivity contribution in [3.8, 4) is 0 Å². The van der Waals surface area contributed by atoms with Gasteiger partial charge in [-0.2, -0.15) is 0 Å². The molecule has 0 spiro atoms. The topological polar surface area (TPSA) is 18.5 Å². The maximum atomic E-state index is 5.91. The van der Waals surface area contributed by atoms with E-state index in [1.807, 2.05) is 0 Å². The molecule has 2 heteroatoms. The molecular weight excluding hydrogens is 332 g/mol. The van der Waals surface area contributed by atoms with E-state index in [1.165, 1.54) is 103 Å². The summed E-state index contributed by atoms with van der Waals surface area (Å²) in [7, 11) is 0. The van der Waals surface area contributed by atoms with Crippen molar-refractivity contribution in [3.63, 3.8) is 0 Å². The lowest BCUT2D eigenvalue weighted by Gasteiger charge is -2.24. The van der Waals surface area contributed by atoms with Crippen LogP contribution in [0, 0.1) is 5.41 Å². The zero-order valence-corrected chi connectivity index (χ0v) is 19.5. The van der Waals surface area contributed by atoms with Crippen LogP contribution in [0.1, 0.15) is 130 Å². The van der Waals surface area contributed by atoms with Gasteiger partial charge >= 0.3 is 0 Å². The van der Waals surface area contributed by atoms with Crippen molar-refractivity contribution in [1.82, 2.24) is 0 Å². The van der Waals surface area contributed by atoms with Crippen molar-refractivity contribution in [3.05, 3.63) is 0 Å². The summed E-state index contributed by atoms with van der Waals surface area (Å²) in [6.45, 7) is 12.5. The summed E-state index contributed by atoms with van der Waals surface area (Å²) >= 11 is 0. The number of unbranched alkanes of at least 4 members (excludes halogenated alkanes) is 14. The fraction of sp³-hybridized carbons (Fsp3) is 1.00. The van der Waals surface area contributed by atoms with E-state index in [0.29, 0.717) is 0 Å². The van der Waals surface area contributed by atoms with Gasteiger partial charge in [0.15, 0.2) is 0 Å². The van der Waals surface area contributed by atoms with E-state index in [2.05, 4.69) is 27.7 Å². The highest BCUT2D eigenvalue weighted by Crippen LogP contribution is 2.17. The van der Waals surface area contributed by atoms with Gasteiger partial charge in [0.25, 0.3) is 0 Å². The first-order chi connectivity index (χ1) is 13.1. The number of hydrogen-bond acceptors (Lipinski definition) is 2. The van der Waals surface area contributed by atoms with Gasteiger partial charge in [0.2, 0.25) is 0 Å². The quantitative estimate of drug-likeness (QED) is 0.175. The lowest BCUT2D eigenvalue weighted by Crippen LogP contribution is -2.26. The van der Waals surface area contributed by atoms with Crippen molar-refractivity contribution in [1.29, 1.82) is 0 Å². The van der Waals surface area contributed by atoms with Crippen LogP contribution in [0.2, 0.25) is 0 Å². The summed E-state index contributed by atoms with van der Waals surface area (Å²) in [5.74, 6) is 0. The summed E-state index contributed by atoms with van der Waals surface area (Å²) in [6, 6.07) is 0. The van der Waals surface area contributed by atoms with Crippen molar-refractivity contribution >= 4 is 0 Å². The molecule has 0 unspecified atom stereocenters. The zero-order chi connectivity index (χ0) is 20.1. The third kappa shape index (κ3) is 22.1. The minimum absolute atomic E-state index is 0.140. The van der Waals surface area contributed by atoms with E-state index in [4.69, 9.17) is 9.47 Å². The Morgan fingerprint density at radius 3 is 1.07 bits per heavy atom. The molecule has 2 nitrogen and oxygen atoms in total. The lowest BCUT2D eigenvalue weighted by atomic mass is 9.96. The smallest absolute Gasteiger partial charge is 0.0539 e. The van der Waals surface area contributed by atoms with Crippen LogP contribution < -0.4 is 0 Å². The molecule has 0 aromatic carbocycles. The predicted molar refractivity (Wildman–Crippen MR) is 121 cm³/mol. The largest absolute Gasteiger partial charge is 0.381 e. The monoisotopic (exact) mass is 384 g/mol. The van der Waals surface area contributed by atoms with Crippen LogP contribution in [0.25, 0.3) is 0 Å². The van der Waals surface area contributed by atoms with E-state index < -0.39 is 0 Å². The minimum atomic E-state index is 0.140. The Kier molecular flexibility index (Phi) is 20.6. The Morgan fingerprint density at radius 2 is 0.741 bits per heavy atom. The summed E-state index contributed by atoms with van der Waals surface area (Å²) in [4.78, 5) is 0. The average molecular weight is 385 g/mol. The van der Waals surface area contributed by atoms with E-state index in [-0.39, 0.29) is 5.41 Å².